The largest absolute Gasteiger partial charge is 0.354 e. The molecular formula is C13H18N6O. The molecule has 0 unspecified atom stereocenters. The second-order valence-corrected chi connectivity index (χ2v) is 4.98. The van der Waals surface area contributed by atoms with Crippen LogP contribution in [0.2, 0.25) is 0 Å². The standard InChI is InChI=1S/C13H18N6O/c1-4-19(10-5-6-14-13(10)20)12-9-7-15-18(3)11(9)16-8(2)17-12/h7,10H,4-6H2,1-3H3,(H,14,20)/t10-/m1/s1. The summed E-state index contributed by atoms with van der Waals surface area (Å²) < 4.78 is 1.73. The summed E-state index contributed by atoms with van der Waals surface area (Å²) in [5, 5.41) is 8.01. The number of aryl methyl sites for hydroxylation is 2. The van der Waals surface area contributed by atoms with E-state index in [2.05, 4.69) is 20.4 Å². The molecule has 2 aromatic rings. The quantitative estimate of drug-likeness (QED) is 0.876. The Balaban J connectivity index is 2.13. The molecule has 1 aliphatic heterocycles. The van der Waals surface area contributed by atoms with E-state index in [1.54, 1.807) is 10.9 Å². The maximum absolute atomic E-state index is 12.0. The molecule has 0 aromatic carbocycles. The molecule has 0 aliphatic carbocycles. The number of aromatic nitrogens is 4. The highest BCUT2D eigenvalue weighted by Gasteiger charge is 2.31. The van der Waals surface area contributed by atoms with Crippen molar-refractivity contribution >= 4 is 22.8 Å². The molecule has 7 nitrogen and oxygen atoms in total. The Hall–Kier alpha value is -2.18. The van der Waals surface area contributed by atoms with Gasteiger partial charge in [-0.2, -0.15) is 5.10 Å². The first-order valence-corrected chi connectivity index (χ1v) is 6.82. The zero-order valence-corrected chi connectivity index (χ0v) is 11.9. The van der Waals surface area contributed by atoms with Crippen LogP contribution in [0.4, 0.5) is 5.82 Å². The summed E-state index contributed by atoms with van der Waals surface area (Å²) in [5.74, 6) is 1.55. The van der Waals surface area contributed by atoms with Crippen molar-refractivity contribution < 1.29 is 4.79 Å². The monoisotopic (exact) mass is 274 g/mol. The highest BCUT2D eigenvalue weighted by molar-refractivity contribution is 5.92. The highest BCUT2D eigenvalue weighted by atomic mass is 16.2. The maximum atomic E-state index is 12.0. The highest BCUT2D eigenvalue weighted by Crippen LogP contribution is 2.26. The van der Waals surface area contributed by atoms with Crippen molar-refractivity contribution in [1.29, 1.82) is 0 Å². The van der Waals surface area contributed by atoms with E-state index in [1.165, 1.54) is 0 Å². The van der Waals surface area contributed by atoms with Gasteiger partial charge >= 0.3 is 0 Å². The van der Waals surface area contributed by atoms with Crippen molar-refractivity contribution in [3.05, 3.63) is 12.0 Å². The molecule has 0 bridgehead atoms. The number of likely N-dealkylation sites (N-methyl/N-ethyl adjacent to an activating group) is 1. The molecule has 1 amide bonds. The van der Waals surface area contributed by atoms with Gasteiger partial charge in [0.2, 0.25) is 5.91 Å². The van der Waals surface area contributed by atoms with E-state index in [-0.39, 0.29) is 11.9 Å². The van der Waals surface area contributed by atoms with Crippen molar-refractivity contribution in [2.75, 3.05) is 18.0 Å². The molecule has 1 saturated heterocycles. The number of rotatable bonds is 3. The summed E-state index contributed by atoms with van der Waals surface area (Å²) in [4.78, 5) is 23.0. The van der Waals surface area contributed by atoms with Crippen LogP contribution in [0.3, 0.4) is 0 Å². The van der Waals surface area contributed by atoms with Gasteiger partial charge < -0.3 is 10.2 Å². The van der Waals surface area contributed by atoms with Crippen molar-refractivity contribution in [2.45, 2.75) is 26.3 Å². The lowest BCUT2D eigenvalue weighted by molar-refractivity contribution is -0.120. The molecule has 106 valence electrons. The smallest absolute Gasteiger partial charge is 0.242 e. The molecule has 2 aromatic heterocycles. The summed E-state index contributed by atoms with van der Waals surface area (Å²) in [6.07, 6.45) is 2.57. The van der Waals surface area contributed by atoms with Crippen LogP contribution < -0.4 is 10.2 Å². The second kappa shape index (κ2) is 4.73. The lowest BCUT2D eigenvalue weighted by Gasteiger charge is -2.27. The number of nitrogens with one attached hydrogen (secondary N) is 1. The van der Waals surface area contributed by atoms with Gasteiger partial charge in [-0.15, -0.1) is 0 Å². The zero-order chi connectivity index (χ0) is 14.3. The van der Waals surface area contributed by atoms with E-state index in [4.69, 9.17) is 0 Å². The fraction of sp³-hybridized carbons (Fsp3) is 0.538. The van der Waals surface area contributed by atoms with Gasteiger partial charge in [0.1, 0.15) is 17.7 Å². The molecule has 1 atom stereocenters. The van der Waals surface area contributed by atoms with Crippen molar-refractivity contribution in [3.8, 4) is 0 Å². The first kappa shape index (κ1) is 12.8. The average molecular weight is 274 g/mol. The van der Waals surface area contributed by atoms with Gasteiger partial charge in [0, 0.05) is 20.1 Å². The summed E-state index contributed by atoms with van der Waals surface area (Å²) >= 11 is 0. The third-order valence-corrected chi connectivity index (χ3v) is 3.69. The first-order chi connectivity index (χ1) is 9.61. The fourth-order valence-electron chi connectivity index (χ4n) is 2.73. The van der Waals surface area contributed by atoms with E-state index in [0.717, 1.165) is 36.4 Å². The minimum absolute atomic E-state index is 0.0696. The van der Waals surface area contributed by atoms with Crippen LogP contribution in [0.25, 0.3) is 11.0 Å². The number of carbonyl (C=O) groups is 1. The maximum Gasteiger partial charge on any atom is 0.242 e. The Kier molecular flexibility index (Phi) is 3.04. The predicted molar refractivity (Wildman–Crippen MR) is 75.5 cm³/mol. The SMILES string of the molecule is CCN(c1nc(C)nc2c1cnn2C)[C@@H]1CCNC1=O. The number of hydrogen-bond donors (Lipinski definition) is 1. The lowest BCUT2D eigenvalue weighted by atomic mass is 10.2. The van der Waals surface area contributed by atoms with Crippen LogP contribution in [0.5, 0.6) is 0 Å². The van der Waals surface area contributed by atoms with Gasteiger partial charge in [-0.05, 0) is 20.3 Å². The van der Waals surface area contributed by atoms with Crippen LogP contribution in [-0.4, -0.2) is 44.8 Å². The van der Waals surface area contributed by atoms with Gasteiger partial charge in [0.15, 0.2) is 5.65 Å². The minimum atomic E-state index is -0.155. The fourth-order valence-corrected chi connectivity index (χ4v) is 2.73. The minimum Gasteiger partial charge on any atom is -0.354 e. The lowest BCUT2D eigenvalue weighted by Crippen LogP contribution is -2.41. The second-order valence-electron chi connectivity index (χ2n) is 4.98. The molecule has 1 aliphatic rings. The third-order valence-electron chi connectivity index (χ3n) is 3.69. The first-order valence-electron chi connectivity index (χ1n) is 6.82. The van der Waals surface area contributed by atoms with Gasteiger partial charge in [-0.25, -0.2) is 9.97 Å². The van der Waals surface area contributed by atoms with E-state index in [0.29, 0.717) is 5.82 Å². The Morgan fingerprint density at radius 1 is 1.50 bits per heavy atom. The molecule has 3 rings (SSSR count). The van der Waals surface area contributed by atoms with Gasteiger partial charge in [-0.1, -0.05) is 0 Å². The van der Waals surface area contributed by atoms with E-state index >= 15 is 0 Å². The molecule has 0 saturated carbocycles. The van der Waals surface area contributed by atoms with Gasteiger partial charge in [0.05, 0.1) is 11.6 Å². The van der Waals surface area contributed by atoms with Crippen LogP contribution in [0, 0.1) is 6.92 Å². The average Bonchev–Trinajstić information content (AvgIpc) is 2.99. The van der Waals surface area contributed by atoms with Crippen molar-refractivity contribution in [3.63, 3.8) is 0 Å². The molecule has 20 heavy (non-hydrogen) atoms. The van der Waals surface area contributed by atoms with Crippen molar-refractivity contribution in [1.82, 2.24) is 25.1 Å². The Bertz CT molecular complexity index is 664. The summed E-state index contributed by atoms with van der Waals surface area (Å²) in [7, 11) is 1.86. The van der Waals surface area contributed by atoms with Gasteiger partial charge in [0.25, 0.3) is 0 Å². The summed E-state index contributed by atoms with van der Waals surface area (Å²) in [6, 6.07) is -0.155. The topological polar surface area (TPSA) is 75.9 Å². The molecule has 1 N–H and O–H groups in total. The van der Waals surface area contributed by atoms with Crippen LogP contribution in [0.1, 0.15) is 19.2 Å². The number of amides is 1. The number of hydrogen-bond acceptors (Lipinski definition) is 5. The molecule has 0 radical (unpaired) electrons. The normalized spacial score (nSPS) is 18.6. The molecular weight excluding hydrogens is 256 g/mol. The van der Waals surface area contributed by atoms with E-state index in [9.17, 15) is 4.79 Å². The van der Waals surface area contributed by atoms with Crippen LogP contribution in [0.15, 0.2) is 6.20 Å². The van der Waals surface area contributed by atoms with Crippen LogP contribution in [-0.2, 0) is 11.8 Å². The number of carbonyl (C=O) groups excluding carboxylic acids is 1. The Morgan fingerprint density at radius 3 is 2.95 bits per heavy atom. The molecule has 0 spiro atoms. The third kappa shape index (κ3) is 1.90. The molecule has 3 heterocycles. The Morgan fingerprint density at radius 2 is 2.30 bits per heavy atom. The summed E-state index contributed by atoms with van der Waals surface area (Å²) in [6.45, 7) is 5.34. The van der Waals surface area contributed by atoms with E-state index in [1.807, 2.05) is 25.8 Å². The Labute approximate surface area is 117 Å². The molecule has 7 heteroatoms. The molecule has 1 fully saturated rings. The number of nitrogens with zero attached hydrogens (tertiary/aromatic N) is 5. The number of fused-ring (bicyclic) bond motifs is 1. The van der Waals surface area contributed by atoms with Crippen molar-refractivity contribution in [2.24, 2.45) is 7.05 Å². The van der Waals surface area contributed by atoms with E-state index < -0.39 is 0 Å². The zero-order valence-electron chi connectivity index (χ0n) is 11.9. The predicted octanol–water partition coefficient (Wildman–Crippen LogP) is 0.387. The van der Waals surface area contributed by atoms with Crippen LogP contribution >= 0.6 is 0 Å². The number of anilines is 1. The van der Waals surface area contributed by atoms with Gasteiger partial charge in [-0.3, -0.25) is 9.48 Å². The summed E-state index contributed by atoms with van der Waals surface area (Å²) in [5.41, 5.74) is 0.796.